The monoisotopic (exact) mass is 359 g/mol. The first-order chi connectivity index (χ1) is 13.9. The SMILES string of the molecule is C(#Cc1ccc(NC(c2ccccc2)c2ccccc2)cc1)c1ccccc1. The van der Waals surface area contributed by atoms with Crippen LogP contribution in [-0.2, 0) is 0 Å². The predicted octanol–water partition coefficient (Wildman–Crippen LogP) is 6.29. The van der Waals surface area contributed by atoms with E-state index in [1.807, 2.05) is 42.5 Å². The van der Waals surface area contributed by atoms with Crippen LogP contribution < -0.4 is 5.32 Å². The van der Waals surface area contributed by atoms with Crippen LogP contribution in [0.4, 0.5) is 5.69 Å². The van der Waals surface area contributed by atoms with Crippen molar-refractivity contribution in [2.45, 2.75) is 6.04 Å². The van der Waals surface area contributed by atoms with Crippen molar-refractivity contribution in [3.63, 3.8) is 0 Å². The van der Waals surface area contributed by atoms with Crippen LogP contribution in [0.15, 0.2) is 115 Å². The van der Waals surface area contributed by atoms with E-state index in [1.165, 1.54) is 11.1 Å². The maximum Gasteiger partial charge on any atom is 0.0767 e. The molecule has 0 amide bonds. The van der Waals surface area contributed by atoms with E-state index in [1.54, 1.807) is 0 Å². The van der Waals surface area contributed by atoms with Crippen LogP contribution in [0.1, 0.15) is 28.3 Å². The Morgan fingerprint density at radius 1 is 0.464 bits per heavy atom. The number of hydrogen-bond acceptors (Lipinski definition) is 1. The van der Waals surface area contributed by atoms with Gasteiger partial charge in [-0.15, -0.1) is 0 Å². The first kappa shape index (κ1) is 17.6. The smallest absolute Gasteiger partial charge is 0.0767 e. The lowest BCUT2D eigenvalue weighted by atomic mass is 9.98. The third kappa shape index (κ3) is 4.50. The quantitative estimate of drug-likeness (QED) is 0.422. The topological polar surface area (TPSA) is 12.0 Å². The highest BCUT2D eigenvalue weighted by Crippen LogP contribution is 2.26. The molecule has 0 unspecified atom stereocenters. The van der Waals surface area contributed by atoms with Crippen molar-refractivity contribution in [1.82, 2.24) is 0 Å². The third-order valence-electron chi connectivity index (χ3n) is 4.59. The maximum atomic E-state index is 3.66. The molecule has 4 aromatic rings. The largest absolute Gasteiger partial charge is 0.374 e. The van der Waals surface area contributed by atoms with Crippen LogP contribution in [0.25, 0.3) is 0 Å². The molecule has 28 heavy (non-hydrogen) atoms. The fraction of sp³-hybridized carbons (Fsp3) is 0.0370. The van der Waals surface area contributed by atoms with Crippen molar-refractivity contribution in [2.75, 3.05) is 5.32 Å². The molecule has 0 atom stereocenters. The van der Waals surface area contributed by atoms with E-state index >= 15 is 0 Å². The van der Waals surface area contributed by atoms with E-state index in [-0.39, 0.29) is 6.04 Å². The zero-order valence-electron chi connectivity index (χ0n) is 15.5. The van der Waals surface area contributed by atoms with E-state index in [9.17, 15) is 0 Å². The Morgan fingerprint density at radius 3 is 1.39 bits per heavy atom. The molecule has 1 heteroatoms. The molecule has 134 valence electrons. The van der Waals surface area contributed by atoms with Gasteiger partial charge in [-0.3, -0.25) is 0 Å². The van der Waals surface area contributed by atoms with E-state index in [0.717, 1.165) is 16.8 Å². The summed E-state index contributed by atoms with van der Waals surface area (Å²) in [5.74, 6) is 6.43. The van der Waals surface area contributed by atoms with Crippen molar-refractivity contribution in [3.8, 4) is 11.8 Å². The van der Waals surface area contributed by atoms with Gasteiger partial charge in [-0.25, -0.2) is 0 Å². The number of benzene rings is 4. The fourth-order valence-corrected chi connectivity index (χ4v) is 3.13. The van der Waals surface area contributed by atoms with Crippen LogP contribution in [0.3, 0.4) is 0 Å². The molecule has 0 bridgehead atoms. The highest BCUT2D eigenvalue weighted by atomic mass is 14.9. The Bertz CT molecular complexity index is 1020. The summed E-state index contributed by atoms with van der Waals surface area (Å²) in [7, 11) is 0. The molecule has 4 aromatic carbocycles. The minimum absolute atomic E-state index is 0.101. The van der Waals surface area contributed by atoms with Gasteiger partial charge in [-0.1, -0.05) is 90.7 Å². The Balaban J connectivity index is 1.55. The number of nitrogens with one attached hydrogen (secondary N) is 1. The van der Waals surface area contributed by atoms with Gasteiger partial charge in [0, 0.05) is 16.8 Å². The van der Waals surface area contributed by atoms with Crippen molar-refractivity contribution in [1.29, 1.82) is 0 Å². The molecule has 0 aliphatic rings. The normalized spacial score (nSPS) is 10.2. The van der Waals surface area contributed by atoms with Crippen molar-refractivity contribution >= 4 is 5.69 Å². The Labute approximate surface area is 166 Å². The van der Waals surface area contributed by atoms with Gasteiger partial charge in [0.1, 0.15) is 0 Å². The van der Waals surface area contributed by atoms with Crippen LogP contribution in [0.5, 0.6) is 0 Å². The summed E-state index contributed by atoms with van der Waals surface area (Å²) in [4.78, 5) is 0. The molecule has 0 saturated carbocycles. The number of anilines is 1. The molecule has 0 saturated heterocycles. The van der Waals surface area contributed by atoms with E-state index in [4.69, 9.17) is 0 Å². The molecular formula is C27H21N. The van der Waals surface area contributed by atoms with Gasteiger partial charge in [-0.2, -0.15) is 0 Å². The summed E-state index contributed by atoms with van der Waals surface area (Å²) in [6.07, 6.45) is 0. The van der Waals surface area contributed by atoms with Crippen molar-refractivity contribution in [3.05, 3.63) is 138 Å². The number of hydrogen-bond donors (Lipinski definition) is 1. The second kappa shape index (κ2) is 8.75. The average molecular weight is 359 g/mol. The lowest BCUT2D eigenvalue weighted by Gasteiger charge is -2.21. The predicted molar refractivity (Wildman–Crippen MR) is 117 cm³/mol. The molecule has 0 radical (unpaired) electrons. The molecule has 1 nitrogen and oxygen atoms in total. The van der Waals surface area contributed by atoms with Gasteiger partial charge in [0.25, 0.3) is 0 Å². The highest BCUT2D eigenvalue weighted by Gasteiger charge is 2.13. The summed E-state index contributed by atoms with van der Waals surface area (Å²) in [6, 6.07) is 39.5. The lowest BCUT2D eigenvalue weighted by Crippen LogP contribution is -2.12. The van der Waals surface area contributed by atoms with Gasteiger partial charge in [-0.05, 0) is 47.5 Å². The Hall–Kier alpha value is -3.76. The van der Waals surface area contributed by atoms with Crippen LogP contribution in [0, 0.1) is 11.8 Å². The summed E-state index contributed by atoms with van der Waals surface area (Å²) >= 11 is 0. The van der Waals surface area contributed by atoms with E-state index < -0.39 is 0 Å². The molecular weight excluding hydrogens is 338 g/mol. The zero-order chi connectivity index (χ0) is 19.0. The van der Waals surface area contributed by atoms with Crippen molar-refractivity contribution < 1.29 is 0 Å². The van der Waals surface area contributed by atoms with Gasteiger partial charge >= 0.3 is 0 Å². The summed E-state index contributed by atoms with van der Waals surface area (Å²) in [5, 5.41) is 3.66. The second-order valence-corrected chi connectivity index (χ2v) is 6.59. The summed E-state index contributed by atoms with van der Waals surface area (Å²) < 4.78 is 0. The van der Waals surface area contributed by atoms with Crippen LogP contribution in [-0.4, -0.2) is 0 Å². The summed E-state index contributed by atoms with van der Waals surface area (Å²) in [5.41, 5.74) is 5.58. The third-order valence-corrected chi connectivity index (χ3v) is 4.59. The molecule has 0 spiro atoms. The minimum atomic E-state index is 0.101. The average Bonchev–Trinajstić information content (AvgIpc) is 2.79. The van der Waals surface area contributed by atoms with Gasteiger partial charge in [0.2, 0.25) is 0 Å². The highest BCUT2D eigenvalue weighted by molar-refractivity contribution is 5.53. The Morgan fingerprint density at radius 2 is 0.893 bits per heavy atom. The van der Waals surface area contributed by atoms with Crippen LogP contribution >= 0.6 is 0 Å². The molecule has 0 aromatic heterocycles. The molecule has 0 aliphatic carbocycles. The lowest BCUT2D eigenvalue weighted by molar-refractivity contribution is 0.939. The van der Waals surface area contributed by atoms with Gasteiger partial charge < -0.3 is 5.32 Å². The van der Waals surface area contributed by atoms with Crippen LogP contribution in [0.2, 0.25) is 0 Å². The first-order valence-electron chi connectivity index (χ1n) is 9.42. The molecule has 4 rings (SSSR count). The molecule has 0 heterocycles. The fourth-order valence-electron chi connectivity index (χ4n) is 3.13. The second-order valence-electron chi connectivity index (χ2n) is 6.59. The summed E-state index contributed by atoms with van der Waals surface area (Å²) in [6.45, 7) is 0. The van der Waals surface area contributed by atoms with Gasteiger partial charge in [0.15, 0.2) is 0 Å². The minimum Gasteiger partial charge on any atom is -0.374 e. The number of rotatable bonds is 4. The zero-order valence-corrected chi connectivity index (χ0v) is 15.5. The standard InChI is InChI=1S/C27H21N/c1-4-10-22(11-5-1)16-17-23-18-20-26(21-19-23)28-27(24-12-6-2-7-13-24)25-14-8-3-9-15-25/h1-15,18-21,27-28H. The molecule has 1 N–H and O–H groups in total. The molecule has 0 aliphatic heterocycles. The van der Waals surface area contributed by atoms with Gasteiger partial charge in [0.05, 0.1) is 6.04 Å². The first-order valence-corrected chi connectivity index (χ1v) is 9.42. The molecule has 0 fully saturated rings. The van der Waals surface area contributed by atoms with E-state index in [2.05, 4.69) is 90.0 Å². The van der Waals surface area contributed by atoms with E-state index in [0.29, 0.717) is 0 Å². The Kier molecular flexibility index (Phi) is 5.52. The maximum absolute atomic E-state index is 3.66. The van der Waals surface area contributed by atoms with Crippen molar-refractivity contribution in [2.24, 2.45) is 0 Å².